The smallest absolute Gasteiger partial charge is 0.266 e. The van der Waals surface area contributed by atoms with Gasteiger partial charge >= 0.3 is 0 Å². The highest BCUT2D eigenvalue weighted by Gasteiger charge is 2.37. The van der Waals surface area contributed by atoms with E-state index in [-0.39, 0.29) is 17.7 Å². The van der Waals surface area contributed by atoms with Gasteiger partial charge in [0.2, 0.25) is 0 Å². The Labute approximate surface area is 164 Å². The molecule has 1 saturated heterocycles. The number of amides is 3. The number of benzene rings is 2. The van der Waals surface area contributed by atoms with Crippen LogP contribution in [0.25, 0.3) is 0 Å². The minimum atomic E-state index is -0.370. The molecule has 0 bridgehead atoms. The van der Waals surface area contributed by atoms with Gasteiger partial charge in [-0.2, -0.15) is 0 Å². The number of hydrogen-bond donors (Lipinski definition) is 0. The zero-order chi connectivity index (χ0) is 20.0. The molecule has 2 aromatic carbocycles. The predicted molar refractivity (Wildman–Crippen MR) is 108 cm³/mol. The average molecular weight is 376 g/mol. The van der Waals surface area contributed by atoms with Crippen molar-refractivity contribution in [2.45, 2.75) is 33.6 Å². The van der Waals surface area contributed by atoms with Crippen molar-refractivity contribution in [1.82, 2.24) is 4.90 Å². The van der Waals surface area contributed by atoms with E-state index < -0.39 is 0 Å². The first kappa shape index (κ1) is 18.4. The summed E-state index contributed by atoms with van der Waals surface area (Å²) in [5, 5.41) is 0. The SMILES string of the molecule is Cc1ccc(N2C(=O)c3ccc(C(=O)N4CCC(C)CC4)cc3C2=O)cc1C. The molecule has 0 atom stereocenters. The second-order valence-electron chi connectivity index (χ2n) is 7.95. The fourth-order valence-electron chi connectivity index (χ4n) is 3.87. The summed E-state index contributed by atoms with van der Waals surface area (Å²) < 4.78 is 0. The minimum Gasteiger partial charge on any atom is -0.339 e. The lowest BCUT2D eigenvalue weighted by molar-refractivity contribution is 0.0697. The molecule has 2 aliphatic rings. The normalized spacial score (nSPS) is 17.2. The molecule has 0 unspecified atom stereocenters. The van der Waals surface area contributed by atoms with Gasteiger partial charge in [-0.1, -0.05) is 13.0 Å². The maximum atomic E-state index is 13.0. The van der Waals surface area contributed by atoms with Crippen LogP contribution in [0.2, 0.25) is 0 Å². The van der Waals surface area contributed by atoms with Crippen LogP contribution in [0.4, 0.5) is 5.69 Å². The molecule has 5 nitrogen and oxygen atoms in total. The molecule has 0 aliphatic carbocycles. The topological polar surface area (TPSA) is 57.7 Å². The highest BCUT2D eigenvalue weighted by Crippen LogP contribution is 2.30. The second kappa shape index (κ2) is 6.89. The van der Waals surface area contributed by atoms with Crippen LogP contribution >= 0.6 is 0 Å². The van der Waals surface area contributed by atoms with Crippen molar-refractivity contribution in [3.05, 3.63) is 64.2 Å². The number of piperidine rings is 1. The summed E-state index contributed by atoms with van der Waals surface area (Å²) in [5.41, 5.74) is 3.81. The van der Waals surface area contributed by atoms with Gasteiger partial charge in [0.25, 0.3) is 17.7 Å². The van der Waals surface area contributed by atoms with Crippen LogP contribution in [0, 0.1) is 19.8 Å². The van der Waals surface area contributed by atoms with Crippen LogP contribution in [0.3, 0.4) is 0 Å². The molecular formula is C23H24N2O3. The van der Waals surface area contributed by atoms with Gasteiger partial charge in [0.15, 0.2) is 0 Å². The number of rotatable bonds is 2. The van der Waals surface area contributed by atoms with Crippen molar-refractivity contribution in [1.29, 1.82) is 0 Å². The van der Waals surface area contributed by atoms with Crippen molar-refractivity contribution in [2.75, 3.05) is 18.0 Å². The first-order valence-corrected chi connectivity index (χ1v) is 9.76. The van der Waals surface area contributed by atoms with Crippen LogP contribution in [0.5, 0.6) is 0 Å². The Balaban J connectivity index is 1.64. The van der Waals surface area contributed by atoms with Crippen molar-refractivity contribution in [3.8, 4) is 0 Å². The third kappa shape index (κ3) is 3.01. The number of aryl methyl sites for hydroxylation is 2. The molecule has 0 spiro atoms. The molecule has 0 saturated carbocycles. The summed E-state index contributed by atoms with van der Waals surface area (Å²) >= 11 is 0. The number of anilines is 1. The lowest BCUT2D eigenvalue weighted by atomic mass is 9.98. The Bertz CT molecular complexity index is 987. The van der Waals surface area contributed by atoms with Crippen molar-refractivity contribution in [2.24, 2.45) is 5.92 Å². The van der Waals surface area contributed by atoms with Crippen molar-refractivity contribution < 1.29 is 14.4 Å². The quantitative estimate of drug-likeness (QED) is 0.745. The van der Waals surface area contributed by atoms with Gasteiger partial charge < -0.3 is 4.90 Å². The molecule has 144 valence electrons. The van der Waals surface area contributed by atoms with Gasteiger partial charge in [0.05, 0.1) is 16.8 Å². The molecule has 3 amide bonds. The number of likely N-dealkylation sites (tertiary alicyclic amines) is 1. The highest BCUT2D eigenvalue weighted by atomic mass is 16.2. The van der Waals surface area contributed by atoms with Crippen molar-refractivity contribution in [3.63, 3.8) is 0 Å². The lowest BCUT2D eigenvalue weighted by Crippen LogP contribution is -2.38. The highest BCUT2D eigenvalue weighted by molar-refractivity contribution is 6.34. The average Bonchev–Trinajstić information content (AvgIpc) is 2.94. The molecule has 2 heterocycles. The molecule has 5 heteroatoms. The van der Waals surface area contributed by atoms with Gasteiger partial charge in [-0.05, 0) is 74.1 Å². The standard InChI is InChI=1S/C23H24N2O3/c1-14-8-10-24(11-9-14)21(26)17-5-7-19-20(13-17)23(28)25(22(19)27)18-6-4-15(2)16(3)12-18/h4-7,12-14H,8-11H2,1-3H3. The number of imide groups is 1. The first-order chi connectivity index (χ1) is 13.4. The second-order valence-corrected chi connectivity index (χ2v) is 7.95. The van der Waals surface area contributed by atoms with E-state index in [1.54, 1.807) is 24.3 Å². The first-order valence-electron chi connectivity index (χ1n) is 9.76. The van der Waals surface area contributed by atoms with E-state index >= 15 is 0 Å². The zero-order valence-electron chi connectivity index (χ0n) is 16.5. The molecule has 0 aromatic heterocycles. The summed E-state index contributed by atoms with van der Waals surface area (Å²) in [6.07, 6.45) is 1.99. The van der Waals surface area contributed by atoms with E-state index in [1.807, 2.05) is 30.9 Å². The molecule has 4 rings (SSSR count). The molecular weight excluding hydrogens is 352 g/mol. The maximum absolute atomic E-state index is 13.0. The third-order valence-corrected chi connectivity index (χ3v) is 5.95. The van der Waals surface area contributed by atoms with E-state index in [0.29, 0.717) is 28.3 Å². The third-order valence-electron chi connectivity index (χ3n) is 5.95. The Kier molecular flexibility index (Phi) is 4.53. The summed E-state index contributed by atoms with van der Waals surface area (Å²) in [6, 6.07) is 10.4. The van der Waals surface area contributed by atoms with Crippen LogP contribution in [-0.2, 0) is 0 Å². The van der Waals surface area contributed by atoms with Gasteiger partial charge in [-0.15, -0.1) is 0 Å². The van der Waals surface area contributed by atoms with Crippen LogP contribution < -0.4 is 4.90 Å². The fraction of sp³-hybridized carbons (Fsp3) is 0.348. The van der Waals surface area contributed by atoms with Crippen LogP contribution in [0.1, 0.15) is 62.0 Å². The van der Waals surface area contributed by atoms with Gasteiger partial charge in [0.1, 0.15) is 0 Å². The van der Waals surface area contributed by atoms with Crippen LogP contribution in [0.15, 0.2) is 36.4 Å². The van der Waals surface area contributed by atoms with E-state index in [2.05, 4.69) is 6.92 Å². The monoisotopic (exact) mass is 376 g/mol. The van der Waals surface area contributed by atoms with E-state index in [0.717, 1.165) is 37.1 Å². The number of fused-ring (bicyclic) bond motifs is 1. The van der Waals surface area contributed by atoms with E-state index in [9.17, 15) is 14.4 Å². The Morgan fingerprint density at radius 2 is 1.57 bits per heavy atom. The van der Waals surface area contributed by atoms with Gasteiger partial charge in [0, 0.05) is 18.7 Å². The number of carbonyl (C=O) groups is 3. The number of nitrogens with zero attached hydrogens (tertiary/aromatic N) is 2. The summed E-state index contributed by atoms with van der Waals surface area (Å²) in [4.78, 5) is 41.7. The Morgan fingerprint density at radius 3 is 2.25 bits per heavy atom. The van der Waals surface area contributed by atoms with E-state index in [1.165, 1.54) is 4.90 Å². The molecule has 0 radical (unpaired) electrons. The fourth-order valence-corrected chi connectivity index (χ4v) is 3.87. The number of carbonyl (C=O) groups excluding carboxylic acids is 3. The zero-order valence-corrected chi connectivity index (χ0v) is 16.5. The molecule has 2 aliphatic heterocycles. The van der Waals surface area contributed by atoms with Gasteiger partial charge in [-0.25, -0.2) is 4.90 Å². The molecule has 2 aromatic rings. The molecule has 0 N–H and O–H groups in total. The lowest BCUT2D eigenvalue weighted by Gasteiger charge is -2.30. The summed E-state index contributed by atoms with van der Waals surface area (Å²) in [6.45, 7) is 7.61. The Hall–Kier alpha value is -2.95. The Morgan fingerprint density at radius 1 is 0.893 bits per heavy atom. The largest absolute Gasteiger partial charge is 0.339 e. The van der Waals surface area contributed by atoms with E-state index in [4.69, 9.17) is 0 Å². The number of hydrogen-bond acceptors (Lipinski definition) is 3. The molecule has 1 fully saturated rings. The van der Waals surface area contributed by atoms with Crippen molar-refractivity contribution >= 4 is 23.4 Å². The maximum Gasteiger partial charge on any atom is 0.266 e. The summed E-state index contributed by atoms with van der Waals surface area (Å²) in [7, 11) is 0. The molecule has 28 heavy (non-hydrogen) atoms. The predicted octanol–water partition coefficient (Wildman–Crippen LogP) is 3.98. The minimum absolute atomic E-state index is 0.0698. The van der Waals surface area contributed by atoms with Gasteiger partial charge in [-0.3, -0.25) is 14.4 Å². The van der Waals surface area contributed by atoms with Crippen LogP contribution in [-0.4, -0.2) is 35.7 Å². The summed E-state index contributed by atoms with van der Waals surface area (Å²) in [5.74, 6) is -0.145.